The maximum atomic E-state index is 11.7. The van der Waals surface area contributed by atoms with E-state index >= 15 is 0 Å². The molecular formula is C15H29N3O3. The van der Waals surface area contributed by atoms with Crippen LogP contribution < -0.4 is 10.6 Å². The van der Waals surface area contributed by atoms with E-state index in [-0.39, 0.29) is 18.5 Å². The standard InChI is InChI=1S/C15H29N3O3/c1-12(11-18-8-3-4-9-18)10-16-15(21)17-13(2)6-5-7-14(19)20/h12-13H,3-11H2,1-2H3,(H,19,20)(H2,16,17,21). The molecule has 1 aliphatic rings. The topological polar surface area (TPSA) is 81.7 Å². The van der Waals surface area contributed by atoms with Crippen LogP contribution >= 0.6 is 0 Å². The lowest BCUT2D eigenvalue weighted by Gasteiger charge is -2.21. The first-order valence-corrected chi connectivity index (χ1v) is 7.96. The third-order valence-corrected chi connectivity index (χ3v) is 3.78. The summed E-state index contributed by atoms with van der Waals surface area (Å²) in [6, 6.07) is -0.163. The minimum atomic E-state index is -0.789. The van der Waals surface area contributed by atoms with E-state index in [0.717, 1.165) is 6.54 Å². The predicted molar refractivity (Wildman–Crippen MR) is 82.3 cm³/mol. The van der Waals surface area contributed by atoms with Gasteiger partial charge in [-0.1, -0.05) is 6.92 Å². The smallest absolute Gasteiger partial charge is 0.315 e. The van der Waals surface area contributed by atoms with E-state index in [1.807, 2.05) is 6.92 Å². The molecule has 1 rings (SSSR count). The number of carboxylic acids is 1. The van der Waals surface area contributed by atoms with Crippen molar-refractivity contribution in [2.24, 2.45) is 5.92 Å². The molecule has 2 unspecified atom stereocenters. The first-order valence-electron chi connectivity index (χ1n) is 7.96. The summed E-state index contributed by atoms with van der Waals surface area (Å²) in [5, 5.41) is 14.3. The number of hydrogen-bond acceptors (Lipinski definition) is 3. The number of rotatable bonds is 9. The Bertz CT molecular complexity index is 330. The molecule has 6 heteroatoms. The zero-order valence-corrected chi connectivity index (χ0v) is 13.2. The van der Waals surface area contributed by atoms with E-state index in [9.17, 15) is 9.59 Å². The minimum Gasteiger partial charge on any atom is -0.481 e. The second-order valence-electron chi connectivity index (χ2n) is 6.15. The van der Waals surface area contributed by atoms with E-state index < -0.39 is 5.97 Å². The molecule has 1 saturated heterocycles. The highest BCUT2D eigenvalue weighted by Crippen LogP contribution is 2.09. The Balaban J connectivity index is 2.07. The third kappa shape index (κ3) is 8.55. The normalized spacial score (nSPS) is 18.2. The molecule has 0 bridgehead atoms. The van der Waals surface area contributed by atoms with Crippen LogP contribution in [-0.2, 0) is 4.79 Å². The molecule has 3 N–H and O–H groups in total. The van der Waals surface area contributed by atoms with Gasteiger partial charge in [0.05, 0.1) is 0 Å². The van der Waals surface area contributed by atoms with E-state index in [0.29, 0.717) is 25.3 Å². The van der Waals surface area contributed by atoms with Gasteiger partial charge in [0.2, 0.25) is 0 Å². The van der Waals surface area contributed by atoms with Crippen LogP contribution in [0, 0.1) is 5.92 Å². The molecule has 0 aliphatic carbocycles. The van der Waals surface area contributed by atoms with Crippen molar-refractivity contribution in [3.8, 4) is 0 Å². The fourth-order valence-electron chi connectivity index (χ4n) is 2.64. The number of likely N-dealkylation sites (tertiary alicyclic amines) is 1. The fourth-order valence-corrected chi connectivity index (χ4v) is 2.64. The van der Waals surface area contributed by atoms with Gasteiger partial charge in [-0.2, -0.15) is 0 Å². The lowest BCUT2D eigenvalue weighted by molar-refractivity contribution is -0.137. The Morgan fingerprint density at radius 1 is 1.24 bits per heavy atom. The summed E-state index contributed by atoms with van der Waals surface area (Å²) in [7, 11) is 0. The van der Waals surface area contributed by atoms with E-state index in [1.54, 1.807) is 0 Å². The molecule has 1 aliphatic heterocycles. The van der Waals surface area contributed by atoms with Crippen molar-refractivity contribution < 1.29 is 14.7 Å². The van der Waals surface area contributed by atoms with Gasteiger partial charge in [-0.25, -0.2) is 4.79 Å². The Morgan fingerprint density at radius 2 is 1.90 bits per heavy atom. The average Bonchev–Trinajstić information content (AvgIpc) is 2.88. The second kappa shape index (κ2) is 9.60. The maximum absolute atomic E-state index is 11.7. The van der Waals surface area contributed by atoms with Gasteiger partial charge in [0.1, 0.15) is 0 Å². The molecule has 2 amide bonds. The summed E-state index contributed by atoms with van der Waals surface area (Å²) in [5.74, 6) is -0.349. The average molecular weight is 299 g/mol. The van der Waals surface area contributed by atoms with Crippen molar-refractivity contribution in [2.45, 2.75) is 52.0 Å². The zero-order chi connectivity index (χ0) is 15.7. The summed E-state index contributed by atoms with van der Waals surface area (Å²) in [4.78, 5) is 24.6. The van der Waals surface area contributed by atoms with Crippen molar-refractivity contribution in [3.63, 3.8) is 0 Å². The van der Waals surface area contributed by atoms with Gasteiger partial charge >= 0.3 is 12.0 Å². The molecular weight excluding hydrogens is 270 g/mol. The van der Waals surface area contributed by atoms with E-state index in [2.05, 4.69) is 22.5 Å². The number of carbonyl (C=O) groups is 2. The predicted octanol–water partition coefficient (Wildman–Crippen LogP) is 1.66. The molecule has 2 atom stereocenters. The molecule has 6 nitrogen and oxygen atoms in total. The monoisotopic (exact) mass is 299 g/mol. The van der Waals surface area contributed by atoms with Crippen LogP contribution in [0.5, 0.6) is 0 Å². The summed E-state index contributed by atoms with van der Waals surface area (Å²) < 4.78 is 0. The number of amides is 2. The number of carboxylic acid groups (broad SMARTS) is 1. The Kier molecular flexibility index (Phi) is 8.12. The van der Waals surface area contributed by atoms with Gasteiger partial charge in [-0.15, -0.1) is 0 Å². The molecule has 122 valence electrons. The van der Waals surface area contributed by atoms with Crippen molar-refractivity contribution in [1.29, 1.82) is 0 Å². The zero-order valence-electron chi connectivity index (χ0n) is 13.2. The molecule has 0 spiro atoms. The molecule has 0 aromatic carbocycles. The van der Waals surface area contributed by atoms with Crippen molar-refractivity contribution in [3.05, 3.63) is 0 Å². The van der Waals surface area contributed by atoms with Gasteiger partial charge in [0.15, 0.2) is 0 Å². The number of aliphatic carboxylic acids is 1. The second-order valence-corrected chi connectivity index (χ2v) is 6.15. The van der Waals surface area contributed by atoms with Gasteiger partial charge in [0, 0.05) is 25.6 Å². The fraction of sp³-hybridized carbons (Fsp3) is 0.867. The van der Waals surface area contributed by atoms with E-state index in [4.69, 9.17) is 5.11 Å². The number of nitrogens with one attached hydrogen (secondary N) is 2. The molecule has 0 aromatic heterocycles. The number of hydrogen-bond donors (Lipinski definition) is 3. The lowest BCUT2D eigenvalue weighted by atomic mass is 10.1. The lowest BCUT2D eigenvalue weighted by Crippen LogP contribution is -2.43. The van der Waals surface area contributed by atoms with Crippen LogP contribution in [0.1, 0.15) is 46.0 Å². The quantitative estimate of drug-likeness (QED) is 0.605. The van der Waals surface area contributed by atoms with Gasteiger partial charge in [-0.3, -0.25) is 4.79 Å². The molecule has 0 radical (unpaired) electrons. The van der Waals surface area contributed by atoms with Gasteiger partial charge in [0.25, 0.3) is 0 Å². The summed E-state index contributed by atoms with van der Waals surface area (Å²) in [6.45, 7) is 8.11. The maximum Gasteiger partial charge on any atom is 0.315 e. The van der Waals surface area contributed by atoms with Crippen LogP contribution in [0.2, 0.25) is 0 Å². The first-order chi connectivity index (χ1) is 9.97. The highest BCUT2D eigenvalue weighted by molar-refractivity contribution is 5.74. The number of urea groups is 1. The van der Waals surface area contributed by atoms with Crippen molar-refractivity contribution in [2.75, 3.05) is 26.2 Å². The van der Waals surface area contributed by atoms with E-state index in [1.165, 1.54) is 25.9 Å². The number of carbonyl (C=O) groups excluding carboxylic acids is 1. The molecule has 0 aromatic rings. The van der Waals surface area contributed by atoms with Crippen LogP contribution in [0.4, 0.5) is 4.79 Å². The summed E-state index contributed by atoms with van der Waals surface area (Å²) >= 11 is 0. The Hall–Kier alpha value is -1.30. The van der Waals surface area contributed by atoms with Crippen molar-refractivity contribution >= 4 is 12.0 Å². The largest absolute Gasteiger partial charge is 0.481 e. The van der Waals surface area contributed by atoms with Crippen molar-refractivity contribution in [1.82, 2.24) is 15.5 Å². The highest BCUT2D eigenvalue weighted by atomic mass is 16.4. The van der Waals surface area contributed by atoms with Crippen LogP contribution in [-0.4, -0.2) is 54.2 Å². The third-order valence-electron chi connectivity index (χ3n) is 3.78. The molecule has 21 heavy (non-hydrogen) atoms. The van der Waals surface area contributed by atoms with Crippen LogP contribution in [0.25, 0.3) is 0 Å². The number of nitrogens with zero attached hydrogens (tertiary/aromatic N) is 1. The Morgan fingerprint density at radius 3 is 2.52 bits per heavy atom. The van der Waals surface area contributed by atoms with Gasteiger partial charge in [-0.05, 0) is 51.6 Å². The molecule has 1 heterocycles. The molecule has 1 fully saturated rings. The van der Waals surface area contributed by atoms with Crippen LogP contribution in [0.3, 0.4) is 0 Å². The summed E-state index contributed by atoms with van der Waals surface area (Å²) in [5.41, 5.74) is 0. The highest BCUT2D eigenvalue weighted by Gasteiger charge is 2.15. The van der Waals surface area contributed by atoms with Gasteiger partial charge < -0.3 is 20.6 Å². The molecule has 0 saturated carbocycles. The Labute approximate surface area is 127 Å². The minimum absolute atomic E-state index is 0.00163. The first kappa shape index (κ1) is 17.8. The summed E-state index contributed by atoms with van der Waals surface area (Å²) in [6.07, 6.45) is 3.99. The van der Waals surface area contributed by atoms with Crippen LogP contribution in [0.15, 0.2) is 0 Å². The SMILES string of the molecule is CC(CNC(=O)NC(C)CCCC(=O)O)CN1CCCC1.